The summed E-state index contributed by atoms with van der Waals surface area (Å²) in [6.45, 7) is 7.02. The minimum Gasteiger partial charge on any atom is -0.468 e. The average molecular weight is 611 g/mol. The number of unbranched alkanes of at least 4 members (excludes halogenated alkanes) is 1. The molecule has 0 saturated heterocycles. The van der Waals surface area contributed by atoms with Gasteiger partial charge in [-0.2, -0.15) is 0 Å². The lowest BCUT2D eigenvalue weighted by Gasteiger charge is -2.53. The fraction of sp³-hybridized carbons (Fsp3) is 0.676. The Morgan fingerprint density at radius 3 is 2.36 bits per heavy atom. The smallest absolute Gasteiger partial charge is 0.188 e. The number of rotatable bonds is 19. The summed E-state index contributed by atoms with van der Waals surface area (Å²) in [6.07, 6.45) is 9.77. The van der Waals surface area contributed by atoms with Gasteiger partial charge in [0, 0.05) is 20.8 Å². The molecular weight excluding hydrogens is 556 g/mol. The Morgan fingerprint density at radius 2 is 1.57 bits per heavy atom. The van der Waals surface area contributed by atoms with Gasteiger partial charge in [0.25, 0.3) is 0 Å². The lowest BCUT2D eigenvalue weighted by Crippen LogP contribution is -2.47. The second-order valence-electron chi connectivity index (χ2n) is 13.1. The Kier molecular flexibility index (Phi) is 12.9. The van der Waals surface area contributed by atoms with Crippen LogP contribution in [0.2, 0.25) is 0 Å². The van der Waals surface area contributed by atoms with E-state index in [0.717, 1.165) is 31.6 Å². The van der Waals surface area contributed by atoms with Crippen molar-refractivity contribution in [3.05, 3.63) is 65.2 Å². The van der Waals surface area contributed by atoms with E-state index in [4.69, 9.17) is 33.2 Å². The maximum atomic E-state index is 6.27. The first-order valence-electron chi connectivity index (χ1n) is 16.8. The molecule has 0 radical (unpaired) electrons. The molecule has 0 bridgehead atoms. The quantitative estimate of drug-likeness (QED) is 0.124. The minimum atomic E-state index is 0.229. The monoisotopic (exact) mass is 610 g/mol. The maximum Gasteiger partial charge on any atom is 0.188 e. The van der Waals surface area contributed by atoms with Crippen LogP contribution in [0.4, 0.5) is 0 Å². The van der Waals surface area contributed by atoms with Gasteiger partial charge in [0.1, 0.15) is 12.5 Å². The molecular formula is C37H54O7. The fourth-order valence-electron chi connectivity index (χ4n) is 8.46. The molecule has 0 heterocycles. The molecule has 2 aromatic rings. The van der Waals surface area contributed by atoms with Crippen LogP contribution < -0.4 is 4.74 Å². The van der Waals surface area contributed by atoms with E-state index in [1.54, 1.807) is 19.8 Å². The maximum absolute atomic E-state index is 6.27. The van der Waals surface area contributed by atoms with Crippen molar-refractivity contribution in [1.29, 1.82) is 0 Å². The van der Waals surface area contributed by atoms with E-state index < -0.39 is 0 Å². The van der Waals surface area contributed by atoms with Crippen molar-refractivity contribution >= 4 is 0 Å². The average Bonchev–Trinajstić information content (AvgIpc) is 3.39. The summed E-state index contributed by atoms with van der Waals surface area (Å²) in [5.74, 6) is 3.58. The third-order valence-electron chi connectivity index (χ3n) is 10.5. The van der Waals surface area contributed by atoms with Crippen molar-refractivity contribution in [3.63, 3.8) is 0 Å². The molecule has 44 heavy (non-hydrogen) atoms. The van der Waals surface area contributed by atoms with Crippen LogP contribution in [0.1, 0.15) is 74.5 Å². The zero-order valence-electron chi connectivity index (χ0n) is 27.2. The summed E-state index contributed by atoms with van der Waals surface area (Å²) in [6, 6.07) is 17.0. The molecule has 0 aliphatic heterocycles. The number of fused-ring (bicyclic) bond motifs is 5. The molecule has 244 valence electrons. The van der Waals surface area contributed by atoms with Crippen LogP contribution in [-0.2, 0) is 41.4 Å². The van der Waals surface area contributed by atoms with E-state index in [1.807, 2.05) is 18.2 Å². The molecule has 7 heteroatoms. The summed E-state index contributed by atoms with van der Waals surface area (Å²) in [7, 11) is 3.40. The molecule has 3 aliphatic carbocycles. The van der Waals surface area contributed by atoms with Crippen molar-refractivity contribution in [2.24, 2.45) is 23.2 Å². The summed E-state index contributed by atoms with van der Waals surface area (Å²) < 4.78 is 39.9. The highest BCUT2D eigenvalue weighted by Gasteiger charge is 2.57. The Balaban J connectivity index is 1.09. The van der Waals surface area contributed by atoms with Crippen molar-refractivity contribution in [2.75, 3.05) is 60.8 Å². The van der Waals surface area contributed by atoms with Crippen molar-refractivity contribution in [1.82, 2.24) is 0 Å². The molecule has 2 aromatic carbocycles. The number of methoxy groups -OCH3 is 2. The highest BCUT2D eigenvalue weighted by Crippen LogP contribution is 2.63. The first-order chi connectivity index (χ1) is 21.6. The van der Waals surface area contributed by atoms with Gasteiger partial charge < -0.3 is 33.2 Å². The fourth-order valence-corrected chi connectivity index (χ4v) is 8.46. The van der Waals surface area contributed by atoms with Gasteiger partial charge >= 0.3 is 0 Å². The lowest BCUT2D eigenvalue weighted by atomic mass is 9.52. The molecule has 3 aliphatic rings. The summed E-state index contributed by atoms with van der Waals surface area (Å²) in [4.78, 5) is 0. The van der Waals surface area contributed by atoms with Gasteiger partial charge in [0.2, 0.25) is 0 Å². The third kappa shape index (κ3) is 8.42. The van der Waals surface area contributed by atoms with Crippen LogP contribution >= 0.6 is 0 Å². The zero-order valence-corrected chi connectivity index (χ0v) is 27.2. The molecule has 5 rings (SSSR count). The molecule has 2 saturated carbocycles. The van der Waals surface area contributed by atoms with Crippen molar-refractivity contribution in [2.45, 2.75) is 76.9 Å². The Hall–Kier alpha value is -2.00. The second kappa shape index (κ2) is 17.1. The standard InChI is InChI=1S/C37H54O7/c1-37-17-16-33-32-13-12-31(43-26-38-2)24-30(32)23-29(36(33)34(37)14-15-35(37)44-27-39-3)11-7-8-18-40-19-20-41-21-22-42-25-28-9-5-4-6-10-28/h4-6,9-10,12-13,24,29,33-36H,7-8,11,14-23,25-27H2,1-3H3. The molecule has 0 aromatic heterocycles. The van der Waals surface area contributed by atoms with Crippen molar-refractivity contribution in [3.8, 4) is 5.75 Å². The number of hydrogen-bond acceptors (Lipinski definition) is 7. The van der Waals surface area contributed by atoms with Gasteiger partial charge in [-0.05, 0) is 103 Å². The summed E-state index contributed by atoms with van der Waals surface area (Å²) in [5, 5.41) is 0. The largest absolute Gasteiger partial charge is 0.468 e. The number of benzene rings is 2. The summed E-state index contributed by atoms with van der Waals surface area (Å²) >= 11 is 0. The topological polar surface area (TPSA) is 64.6 Å². The SMILES string of the molecule is COCOc1ccc2c(c1)CC(CCCCOCCOCCOCc1ccccc1)C1C2CCC2(C)C(OCOC)CCC12. The van der Waals surface area contributed by atoms with Gasteiger partial charge in [-0.15, -0.1) is 0 Å². The third-order valence-corrected chi connectivity index (χ3v) is 10.5. The van der Waals surface area contributed by atoms with Gasteiger partial charge in [0.05, 0.1) is 39.1 Å². The molecule has 7 nitrogen and oxygen atoms in total. The molecule has 0 spiro atoms. The Labute approximate surface area is 264 Å². The summed E-state index contributed by atoms with van der Waals surface area (Å²) in [5.41, 5.74) is 4.44. The van der Waals surface area contributed by atoms with Crippen LogP contribution in [0.3, 0.4) is 0 Å². The first kappa shape index (κ1) is 33.4. The Bertz CT molecular complexity index is 1110. The minimum absolute atomic E-state index is 0.229. The highest BCUT2D eigenvalue weighted by atomic mass is 16.7. The first-order valence-corrected chi connectivity index (χ1v) is 16.8. The lowest BCUT2D eigenvalue weighted by molar-refractivity contribution is -0.128. The molecule has 6 atom stereocenters. The van der Waals surface area contributed by atoms with Crippen LogP contribution in [-0.4, -0.2) is 66.9 Å². The van der Waals surface area contributed by atoms with E-state index >= 15 is 0 Å². The van der Waals surface area contributed by atoms with E-state index in [1.165, 1.54) is 43.2 Å². The molecule has 0 N–H and O–H groups in total. The van der Waals surface area contributed by atoms with Gasteiger partial charge in [-0.25, -0.2) is 0 Å². The van der Waals surface area contributed by atoms with Crippen LogP contribution in [0.25, 0.3) is 0 Å². The van der Waals surface area contributed by atoms with Gasteiger partial charge in [-0.1, -0.05) is 49.7 Å². The van der Waals surface area contributed by atoms with Gasteiger partial charge in [-0.3, -0.25) is 0 Å². The highest BCUT2D eigenvalue weighted by molar-refractivity contribution is 5.41. The molecule has 2 fully saturated rings. The van der Waals surface area contributed by atoms with Crippen LogP contribution in [0.15, 0.2) is 48.5 Å². The van der Waals surface area contributed by atoms with E-state index in [0.29, 0.717) is 69.6 Å². The molecule has 0 amide bonds. The number of hydrogen-bond donors (Lipinski definition) is 0. The van der Waals surface area contributed by atoms with Gasteiger partial charge in [0.15, 0.2) is 6.79 Å². The van der Waals surface area contributed by atoms with E-state index in [-0.39, 0.29) is 12.2 Å². The zero-order chi connectivity index (χ0) is 30.6. The van der Waals surface area contributed by atoms with Crippen molar-refractivity contribution < 1.29 is 33.2 Å². The second-order valence-corrected chi connectivity index (χ2v) is 13.1. The predicted molar refractivity (Wildman–Crippen MR) is 171 cm³/mol. The number of ether oxygens (including phenoxy) is 7. The van der Waals surface area contributed by atoms with E-state index in [2.05, 4.69) is 37.3 Å². The predicted octanol–water partition coefficient (Wildman–Crippen LogP) is 7.16. The van der Waals surface area contributed by atoms with Crippen LogP contribution in [0, 0.1) is 23.2 Å². The molecule has 6 unspecified atom stereocenters. The normalized spacial score (nSPS) is 27.5. The van der Waals surface area contributed by atoms with E-state index in [9.17, 15) is 0 Å². The Morgan fingerprint density at radius 1 is 0.795 bits per heavy atom. The van der Waals surface area contributed by atoms with Crippen LogP contribution in [0.5, 0.6) is 5.75 Å².